The number of halogens is 2. The first kappa shape index (κ1) is 16.3. The molecule has 1 fully saturated rings. The van der Waals surface area contributed by atoms with Gasteiger partial charge in [0, 0.05) is 34.1 Å². The molecule has 0 aromatic heterocycles. The van der Waals surface area contributed by atoms with Crippen molar-refractivity contribution in [2.45, 2.75) is 45.8 Å². The van der Waals surface area contributed by atoms with Gasteiger partial charge in [-0.15, -0.1) is 0 Å². The Morgan fingerprint density at radius 3 is 2.80 bits per heavy atom. The molecule has 4 heteroatoms. The van der Waals surface area contributed by atoms with Crippen LogP contribution in [0.25, 0.3) is 0 Å². The van der Waals surface area contributed by atoms with E-state index in [1.54, 1.807) is 0 Å². The average Bonchev–Trinajstić information content (AvgIpc) is 2.73. The fourth-order valence-electron chi connectivity index (χ4n) is 2.80. The largest absolute Gasteiger partial charge is 0.378 e. The molecule has 112 valence electrons. The maximum Gasteiger partial charge on any atom is 0.0619 e. The Balaban J connectivity index is 2.19. The van der Waals surface area contributed by atoms with E-state index in [-0.39, 0.29) is 11.5 Å². The van der Waals surface area contributed by atoms with Gasteiger partial charge in [0.2, 0.25) is 0 Å². The van der Waals surface area contributed by atoms with Gasteiger partial charge in [-0.25, -0.2) is 0 Å². The Morgan fingerprint density at radius 1 is 1.50 bits per heavy atom. The minimum Gasteiger partial charge on any atom is -0.378 e. The summed E-state index contributed by atoms with van der Waals surface area (Å²) in [6.45, 7) is 8.36. The van der Waals surface area contributed by atoms with Gasteiger partial charge in [-0.3, -0.25) is 0 Å². The lowest BCUT2D eigenvalue weighted by Crippen LogP contribution is -2.43. The smallest absolute Gasteiger partial charge is 0.0619 e. The SMILES string of the molecule is CC(C)NCC1(Cc2ccc(Br)cc2Cl)CCOC1C. The molecule has 0 aliphatic carbocycles. The summed E-state index contributed by atoms with van der Waals surface area (Å²) >= 11 is 9.85. The van der Waals surface area contributed by atoms with E-state index >= 15 is 0 Å². The lowest BCUT2D eigenvalue weighted by Gasteiger charge is -2.34. The van der Waals surface area contributed by atoms with Crippen LogP contribution in [0.5, 0.6) is 0 Å². The van der Waals surface area contributed by atoms with Crippen molar-refractivity contribution in [3.63, 3.8) is 0 Å². The van der Waals surface area contributed by atoms with Gasteiger partial charge in [0.15, 0.2) is 0 Å². The van der Waals surface area contributed by atoms with Gasteiger partial charge < -0.3 is 10.1 Å². The van der Waals surface area contributed by atoms with Crippen LogP contribution >= 0.6 is 27.5 Å². The van der Waals surface area contributed by atoms with Crippen molar-refractivity contribution in [3.8, 4) is 0 Å². The molecule has 2 unspecified atom stereocenters. The van der Waals surface area contributed by atoms with Crippen molar-refractivity contribution in [2.24, 2.45) is 5.41 Å². The highest BCUT2D eigenvalue weighted by Gasteiger charge is 2.41. The molecule has 1 aromatic carbocycles. The number of hydrogen-bond acceptors (Lipinski definition) is 2. The normalized spacial score (nSPS) is 26.4. The van der Waals surface area contributed by atoms with Crippen LogP contribution in [-0.4, -0.2) is 25.3 Å². The first-order chi connectivity index (χ1) is 9.43. The minimum absolute atomic E-state index is 0.141. The molecule has 2 rings (SSSR count). The molecule has 2 atom stereocenters. The number of rotatable bonds is 5. The molecule has 1 aromatic rings. The van der Waals surface area contributed by atoms with Crippen molar-refractivity contribution in [2.75, 3.05) is 13.2 Å². The van der Waals surface area contributed by atoms with E-state index in [0.29, 0.717) is 6.04 Å². The maximum absolute atomic E-state index is 6.39. The van der Waals surface area contributed by atoms with E-state index < -0.39 is 0 Å². The molecule has 0 amide bonds. The summed E-state index contributed by atoms with van der Waals surface area (Å²) in [5.41, 5.74) is 1.35. The number of ether oxygens (including phenoxy) is 1. The van der Waals surface area contributed by atoms with Gasteiger partial charge in [0.1, 0.15) is 0 Å². The fourth-order valence-corrected chi connectivity index (χ4v) is 3.54. The molecule has 1 N–H and O–H groups in total. The lowest BCUT2D eigenvalue weighted by atomic mass is 9.76. The second-order valence-corrected chi connectivity index (χ2v) is 7.40. The van der Waals surface area contributed by atoms with E-state index in [2.05, 4.69) is 54.2 Å². The molecule has 0 spiro atoms. The standard InChI is InChI=1S/C16H23BrClNO/c1-11(2)19-10-16(6-7-20-12(16)3)9-13-4-5-14(17)8-15(13)18/h4-5,8,11-12,19H,6-7,9-10H2,1-3H3. The van der Waals surface area contributed by atoms with Gasteiger partial charge in [-0.1, -0.05) is 47.4 Å². The summed E-state index contributed by atoms with van der Waals surface area (Å²) in [5.74, 6) is 0. The monoisotopic (exact) mass is 359 g/mol. The first-order valence-corrected chi connectivity index (χ1v) is 8.39. The van der Waals surface area contributed by atoms with Crippen molar-refractivity contribution >= 4 is 27.5 Å². The summed E-state index contributed by atoms with van der Waals surface area (Å²) in [7, 11) is 0. The van der Waals surface area contributed by atoms with Crippen LogP contribution in [0.15, 0.2) is 22.7 Å². The third-order valence-electron chi connectivity index (χ3n) is 4.25. The molecule has 20 heavy (non-hydrogen) atoms. The maximum atomic E-state index is 6.39. The number of hydrogen-bond donors (Lipinski definition) is 1. The summed E-state index contributed by atoms with van der Waals surface area (Å²) in [5, 5.41) is 4.41. The molecule has 1 saturated heterocycles. The minimum atomic E-state index is 0.141. The van der Waals surface area contributed by atoms with Crippen LogP contribution in [0, 0.1) is 5.41 Å². The van der Waals surface area contributed by atoms with Crippen LogP contribution in [0.2, 0.25) is 5.02 Å². The second kappa shape index (κ2) is 6.78. The third kappa shape index (κ3) is 3.76. The Hall–Kier alpha value is -0.0900. The van der Waals surface area contributed by atoms with Gasteiger partial charge in [0.25, 0.3) is 0 Å². The molecule has 1 aliphatic heterocycles. The van der Waals surface area contributed by atoms with Gasteiger partial charge >= 0.3 is 0 Å². The van der Waals surface area contributed by atoms with Gasteiger partial charge in [-0.2, -0.15) is 0 Å². The van der Waals surface area contributed by atoms with Crippen molar-refractivity contribution in [1.82, 2.24) is 5.32 Å². The molecule has 1 heterocycles. The van der Waals surface area contributed by atoms with Crippen LogP contribution in [0.1, 0.15) is 32.8 Å². The quantitative estimate of drug-likeness (QED) is 0.838. The predicted molar refractivity (Wildman–Crippen MR) is 88.5 cm³/mol. The summed E-state index contributed by atoms with van der Waals surface area (Å²) in [6, 6.07) is 6.64. The molecular formula is C16H23BrClNO. The lowest BCUT2D eigenvalue weighted by molar-refractivity contribution is 0.0621. The van der Waals surface area contributed by atoms with Crippen molar-refractivity contribution in [1.29, 1.82) is 0 Å². The van der Waals surface area contributed by atoms with Crippen molar-refractivity contribution < 1.29 is 4.74 Å². The van der Waals surface area contributed by atoms with Crippen LogP contribution in [-0.2, 0) is 11.2 Å². The zero-order valence-corrected chi connectivity index (χ0v) is 14.7. The topological polar surface area (TPSA) is 21.3 Å². The van der Waals surface area contributed by atoms with Crippen LogP contribution in [0.4, 0.5) is 0 Å². The van der Waals surface area contributed by atoms with Gasteiger partial charge in [0.05, 0.1) is 6.10 Å². The Labute approximate surface area is 135 Å². The number of benzene rings is 1. The zero-order valence-electron chi connectivity index (χ0n) is 12.4. The predicted octanol–water partition coefficient (Wildman–Crippen LogP) is 4.44. The zero-order chi connectivity index (χ0) is 14.8. The Bertz CT molecular complexity index is 466. The molecule has 0 radical (unpaired) electrons. The van der Waals surface area contributed by atoms with E-state index in [0.717, 1.165) is 35.5 Å². The summed E-state index contributed by atoms with van der Waals surface area (Å²) in [4.78, 5) is 0. The molecule has 1 aliphatic rings. The number of nitrogens with one attached hydrogen (secondary N) is 1. The molecular weight excluding hydrogens is 338 g/mol. The Morgan fingerprint density at radius 2 is 2.25 bits per heavy atom. The highest BCUT2D eigenvalue weighted by atomic mass is 79.9. The van der Waals surface area contributed by atoms with Crippen LogP contribution in [0.3, 0.4) is 0 Å². The fraction of sp³-hybridized carbons (Fsp3) is 0.625. The Kier molecular flexibility index (Phi) is 5.52. The van der Waals surface area contributed by atoms with Crippen molar-refractivity contribution in [3.05, 3.63) is 33.3 Å². The first-order valence-electron chi connectivity index (χ1n) is 7.22. The van der Waals surface area contributed by atoms with E-state index in [1.165, 1.54) is 5.56 Å². The summed E-state index contributed by atoms with van der Waals surface area (Å²) in [6.07, 6.45) is 2.30. The van der Waals surface area contributed by atoms with E-state index in [9.17, 15) is 0 Å². The molecule has 2 nitrogen and oxygen atoms in total. The molecule has 0 bridgehead atoms. The highest BCUT2D eigenvalue weighted by Crippen LogP contribution is 2.39. The van der Waals surface area contributed by atoms with Gasteiger partial charge in [-0.05, 0) is 37.5 Å². The summed E-state index contributed by atoms with van der Waals surface area (Å²) < 4.78 is 6.87. The average molecular weight is 361 g/mol. The van der Waals surface area contributed by atoms with Crippen LogP contribution < -0.4 is 5.32 Å². The van der Waals surface area contributed by atoms with E-state index in [1.807, 2.05) is 6.07 Å². The van der Waals surface area contributed by atoms with E-state index in [4.69, 9.17) is 16.3 Å². The third-order valence-corrected chi connectivity index (χ3v) is 5.10. The highest BCUT2D eigenvalue weighted by molar-refractivity contribution is 9.10. The molecule has 0 saturated carbocycles. The second-order valence-electron chi connectivity index (χ2n) is 6.07.